The van der Waals surface area contributed by atoms with E-state index in [0.717, 1.165) is 27.8 Å². The molecule has 3 nitrogen and oxygen atoms in total. The summed E-state index contributed by atoms with van der Waals surface area (Å²) in [5.41, 5.74) is 11.6. The molecule has 0 radical (unpaired) electrons. The Balaban J connectivity index is 1.17. The maximum absolute atomic E-state index is 4.37. The molecule has 0 saturated heterocycles. The first kappa shape index (κ1) is 26.2. The lowest BCUT2D eigenvalue weighted by atomic mass is 9.87. The summed E-state index contributed by atoms with van der Waals surface area (Å²) in [5, 5.41) is 7.70. The number of aromatic nitrogens is 3. The molecule has 0 atom stereocenters. The van der Waals surface area contributed by atoms with Gasteiger partial charge in [-0.1, -0.05) is 84.9 Å². The van der Waals surface area contributed by atoms with Gasteiger partial charge in [0.2, 0.25) is 0 Å². The first-order valence-corrected chi connectivity index (χ1v) is 15.5. The van der Waals surface area contributed by atoms with E-state index in [1.807, 2.05) is 49.3 Å². The zero-order valence-electron chi connectivity index (χ0n) is 24.9. The molecular weight excluding hydrogens is 558 g/mol. The van der Waals surface area contributed by atoms with Crippen LogP contribution in [0.1, 0.15) is 0 Å². The van der Waals surface area contributed by atoms with Crippen LogP contribution in [-0.2, 0) is 0 Å². The van der Waals surface area contributed by atoms with E-state index in [2.05, 4.69) is 130 Å². The number of benzene rings is 6. The number of nitrogens with zero attached hydrogens (tertiary/aromatic N) is 3. The van der Waals surface area contributed by atoms with Crippen LogP contribution in [0, 0.1) is 0 Å². The second kappa shape index (κ2) is 10.8. The number of rotatable bonds is 5. The van der Waals surface area contributed by atoms with Gasteiger partial charge < -0.3 is 0 Å². The highest BCUT2D eigenvalue weighted by Crippen LogP contribution is 2.42. The molecule has 214 valence electrons. The highest BCUT2D eigenvalue weighted by molar-refractivity contribution is 6.27. The van der Waals surface area contributed by atoms with Crippen molar-refractivity contribution < 1.29 is 0 Å². The Bertz CT molecular complexity index is 2430. The van der Waals surface area contributed by atoms with Crippen molar-refractivity contribution in [3.8, 4) is 55.6 Å². The number of hydrogen-bond donors (Lipinski definition) is 0. The van der Waals surface area contributed by atoms with Crippen molar-refractivity contribution in [2.45, 2.75) is 0 Å². The average molecular weight is 586 g/mol. The smallest absolute Gasteiger partial charge is 0.0346 e. The molecule has 9 aromatic rings. The van der Waals surface area contributed by atoms with Gasteiger partial charge in [-0.2, -0.15) is 0 Å². The lowest BCUT2D eigenvalue weighted by Gasteiger charge is -2.17. The van der Waals surface area contributed by atoms with E-state index in [9.17, 15) is 0 Å². The zero-order valence-corrected chi connectivity index (χ0v) is 24.9. The van der Waals surface area contributed by atoms with Gasteiger partial charge in [0, 0.05) is 48.3 Å². The van der Waals surface area contributed by atoms with E-state index in [-0.39, 0.29) is 0 Å². The number of hydrogen-bond acceptors (Lipinski definition) is 3. The standard InChI is InChI=1S/C43H27N3/c1-3-33(26-45-19-1)36-23-35(24-37(25-36)34-4-2-20-46-27-34)28-5-7-29(8-6-28)38-13-9-31-12-16-41-39(30-17-21-44-22-18-30)14-10-32-11-15-40(38)42(31)43(32)41/h1-27H. The second-order valence-electron chi connectivity index (χ2n) is 11.7. The van der Waals surface area contributed by atoms with E-state index in [4.69, 9.17) is 0 Å². The Hall–Kier alpha value is -6.19. The molecule has 3 heterocycles. The summed E-state index contributed by atoms with van der Waals surface area (Å²) in [4.78, 5) is 13.0. The Labute approximate surface area is 266 Å². The lowest BCUT2D eigenvalue weighted by Crippen LogP contribution is -1.90. The normalized spacial score (nSPS) is 11.5. The summed E-state index contributed by atoms with van der Waals surface area (Å²) in [7, 11) is 0. The SMILES string of the molecule is c1cncc(-c2cc(-c3ccc(-c4ccc5ccc6c(-c7ccncc7)ccc7ccc4c5c76)cc3)cc(-c3cccnc3)c2)c1. The maximum Gasteiger partial charge on any atom is 0.0346 e. The van der Waals surface area contributed by atoms with Crippen molar-refractivity contribution in [3.63, 3.8) is 0 Å². The van der Waals surface area contributed by atoms with Crippen molar-refractivity contribution in [2.24, 2.45) is 0 Å². The fraction of sp³-hybridized carbons (Fsp3) is 0. The molecule has 0 aliphatic rings. The molecule has 6 aromatic carbocycles. The minimum Gasteiger partial charge on any atom is -0.265 e. The van der Waals surface area contributed by atoms with Crippen molar-refractivity contribution in [3.05, 3.63) is 165 Å². The zero-order chi connectivity index (χ0) is 30.5. The third-order valence-corrected chi connectivity index (χ3v) is 9.11. The summed E-state index contributed by atoms with van der Waals surface area (Å²) >= 11 is 0. The van der Waals surface area contributed by atoms with Gasteiger partial charge in [-0.05, 0) is 119 Å². The van der Waals surface area contributed by atoms with Gasteiger partial charge in [0.25, 0.3) is 0 Å². The minimum atomic E-state index is 1.09. The summed E-state index contributed by atoms with van der Waals surface area (Å²) < 4.78 is 0. The van der Waals surface area contributed by atoms with Crippen LogP contribution in [0.2, 0.25) is 0 Å². The molecule has 46 heavy (non-hydrogen) atoms. The molecule has 0 aliphatic carbocycles. The predicted molar refractivity (Wildman–Crippen MR) is 191 cm³/mol. The molecule has 0 aliphatic heterocycles. The van der Waals surface area contributed by atoms with Crippen molar-refractivity contribution >= 4 is 32.3 Å². The Morgan fingerprint density at radius 1 is 0.304 bits per heavy atom. The Morgan fingerprint density at radius 3 is 1.26 bits per heavy atom. The highest BCUT2D eigenvalue weighted by atomic mass is 14.6. The van der Waals surface area contributed by atoms with Crippen LogP contribution < -0.4 is 0 Å². The Morgan fingerprint density at radius 2 is 0.761 bits per heavy atom. The molecule has 9 rings (SSSR count). The van der Waals surface area contributed by atoms with Crippen molar-refractivity contribution in [1.82, 2.24) is 15.0 Å². The maximum atomic E-state index is 4.37. The molecule has 0 amide bonds. The van der Waals surface area contributed by atoms with Gasteiger partial charge in [0.05, 0.1) is 0 Å². The molecule has 0 saturated carbocycles. The van der Waals surface area contributed by atoms with Gasteiger partial charge in [-0.25, -0.2) is 0 Å². The highest BCUT2D eigenvalue weighted by Gasteiger charge is 2.15. The third-order valence-electron chi connectivity index (χ3n) is 9.11. The van der Waals surface area contributed by atoms with Crippen molar-refractivity contribution in [2.75, 3.05) is 0 Å². The predicted octanol–water partition coefficient (Wildman–Crippen LogP) is 11.1. The van der Waals surface area contributed by atoms with Crippen LogP contribution in [-0.4, -0.2) is 15.0 Å². The Kier molecular flexibility index (Phi) is 6.14. The number of pyridine rings is 3. The largest absolute Gasteiger partial charge is 0.265 e. The summed E-state index contributed by atoms with van der Waals surface area (Å²) in [6.07, 6.45) is 11.2. The first-order chi connectivity index (χ1) is 22.8. The van der Waals surface area contributed by atoms with Gasteiger partial charge in [-0.15, -0.1) is 0 Å². The van der Waals surface area contributed by atoms with E-state index in [1.54, 1.807) is 0 Å². The summed E-state index contributed by atoms with van der Waals surface area (Å²) in [5.74, 6) is 0. The van der Waals surface area contributed by atoms with Gasteiger partial charge in [-0.3, -0.25) is 15.0 Å². The molecule has 0 fully saturated rings. The molecule has 3 heteroatoms. The van der Waals surface area contributed by atoms with Gasteiger partial charge in [0.15, 0.2) is 0 Å². The van der Waals surface area contributed by atoms with Crippen LogP contribution in [0.5, 0.6) is 0 Å². The second-order valence-corrected chi connectivity index (χ2v) is 11.7. The molecule has 0 N–H and O–H groups in total. The monoisotopic (exact) mass is 585 g/mol. The van der Waals surface area contributed by atoms with E-state index >= 15 is 0 Å². The quantitative estimate of drug-likeness (QED) is 0.189. The molecule has 0 bridgehead atoms. The molecular formula is C43H27N3. The van der Waals surface area contributed by atoms with Gasteiger partial charge in [0.1, 0.15) is 0 Å². The van der Waals surface area contributed by atoms with Crippen molar-refractivity contribution in [1.29, 1.82) is 0 Å². The fourth-order valence-corrected chi connectivity index (χ4v) is 6.87. The van der Waals surface area contributed by atoms with E-state index < -0.39 is 0 Å². The molecule has 0 spiro atoms. The minimum absolute atomic E-state index is 1.09. The van der Waals surface area contributed by atoms with E-state index in [0.29, 0.717) is 0 Å². The van der Waals surface area contributed by atoms with E-state index in [1.165, 1.54) is 60.1 Å². The topological polar surface area (TPSA) is 38.7 Å². The summed E-state index contributed by atoms with van der Waals surface area (Å²) in [6.45, 7) is 0. The average Bonchev–Trinajstić information content (AvgIpc) is 3.14. The first-order valence-electron chi connectivity index (χ1n) is 15.5. The van der Waals surface area contributed by atoms with Crippen LogP contribution >= 0.6 is 0 Å². The third kappa shape index (κ3) is 4.41. The van der Waals surface area contributed by atoms with Crippen LogP contribution in [0.15, 0.2) is 165 Å². The van der Waals surface area contributed by atoms with Crippen LogP contribution in [0.4, 0.5) is 0 Å². The molecule has 0 unspecified atom stereocenters. The van der Waals surface area contributed by atoms with Gasteiger partial charge >= 0.3 is 0 Å². The van der Waals surface area contributed by atoms with Crippen LogP contribution in [0.3, 0.4) is 0 Å². The summed E-state index contributed by atoms with van der Waals surface area (Å²) in [6, 6.07) is 46.2. The molecule has 3 aromatic heterocycles. The lowest BCUT2D eigenvalue weighted by molar-refractivity contribution is 1.32. The van der Waals surface area contributed by atoms with Crippen LogP contribution in [0.25, 0.3) is 88.0 Å². The fourth-order valence-electron chi connectivity index (χ4n) is 6.87.